The Kier molecular flexibility index (Phi) is 11.7. The van der Waals surface area contributed by atoms with Crippen LogP contribution in [-0.2, 0) is 0 Å². The summed E-state index contributed by atoms with van der Waals surface area (Å²) >= 11 is 12.5. The summed E-state index contributed by atoms with van der Waals surface area (Å²) in [6.45, 7) is 5.53. The van der Waals surface area contributed by atoms with Crippen LogP contribution in [0.4, 0.5) is 0 Å². The van der Waals surface area contributed by atoms with E-state index in [1.165, 1.54) is 0 Å². The summed E-state index contributed by atoms with van der Waals surface area (Å²) < 4.78 is 0. The molecule has 1 aliphatic heterocycles. The molecule has 3 rings (SSSR count). The first-order valence-corrected chi connectivity index (χ1v) is 12.4. The zero-order chi connectivity index (χ0) is 23.8. The third kappa shape index (κ3) is 7.61. The molecular weight excluding hydrogens is 493 g/mol. The van der Waals surface area contributed by atoms with Crippen molar-refractivity contribution < 1.29 is 10.0 Å². The Labute approximate surface area is 219 Å². The van der Waals surface area contributed by atoms with Crippen LogP contribution in [-0.4, -0.2) is 59.9 Å². The van der Waals surface area contributed by atoms with E-state index in [4.69, 9.17) is 23.2 Å². The van der Waals surface area contributed by atoms with Gasteiger partial charge in [0, 0.05) is 31.0 Å². The molecule has 1 aliphatic rings. The van der Waals surface area contributed by atoms with E-state index < -0.39 is 0 Å². The topological polar surface area (TPSA) is 56.1 Å². The van der Waals surface area contributed by atoms with Gasteiger partial charge in [-0.2, -0.15) is 0 Å². The second-order valence-electron chi connectivity index (χ2n) is 8.77. The highest BCUT2D eigenvalue weighted by atomic mass is 35.5. The van der Waals surface area contributed by atoms with Gasteiger partial charge in [0.15, 0.2) is 0 Å². The first-order chi connectivity index (χ1) is 15.9. The molecule has 1 atom stereocenters. The van der Waals surface area contributed by atoms with Gasteiger partial charge in [0.2, 0.25) is 0 Å². The van der Waals surface area contributed by atoms with E-state index in [0.29, 0.717) is 28.1 Å². The zero-order valence-corrected chi connectivity index (χ0v) is 22.1. The van der Waals surface area contributed by atoms with E-state index >= 15 is 0 Å². The Hall–Kier alpha value is -1.79. The third-order valence-electron chi connectivity index (χ3n) is 6.62. The van der Waals surface area contributed by atoms with Crippen LogP contribution in [0.5, 0.6) is 0 Å². The summed E-state index contributed by atoms with van der Waals surface area (Å²) in [5, 5.41) is 13.8. The zero-order valence-electron chi connectivity index (χ0n) is 19.8. The number of rotatable bonds is 9. The Balaban J connectivity index is 0.00000408. The lowest BCUT2D eigenvalue weighted by molar-refractivity contribution is 0.0781. The molecule has 0 unspecified atom stereocenters. The van der Waals surface area contributed by atoms with Crippen molar-refractivity contribution in [2.75, 3.05) is 33.2 Å². The van der Waals surface area contributed by atoms with Crippen molar-refractivity contribution in [2.24, 2.45) is 11.1 Å². The van der Waals surface area contributed by atoms with Gasteiger partial charge in [0.25, 0.3) is 5.91 Å². The normalized spacial score (nSPS) is 16.1. The number of carbonyl (C=O) groups is 1. The van der Waals surface area contributed by atoms with Crippen LogP contribution in [0.2, 0.25) is 10.0 Å². The van der Waals surface area contributed by atoms with Crippen molar-refractivity contribution in [1.82, 2.24) is 9.80 Å². The van der Waals surface area contributed by atoms with Gasteiger partial charge in [-0.15, -0.1) is 12.4 Å². The van der Waals surface area contributed by atoms with Crippen LogP contribution in [0.15, 0.2) is 53.7 Å². The summed E-state index contributed by atoms with van der Waals surface area (Å²) in [5.41, 5.74) is 2.68. The van der Waals surface area contributed by atoms with Crippen molar-refractivity contribution in [3.63, 3.8) is 0 Å². The van der Waals surface area contributed by atoms with Gasteiger partial charge in [-0.05, 0) is 75.1 Å². The molecule has 0 bridgehead atoms. The van der Waals surface area contributed by atoms with E-state index in [9.17, 15) is 10.0 Å². The summed E-state index contributed by atoms with van der Waals surface area (Å²) in [7, 11) is 1.85. The van der Waals surface area contributed by atoms with Crippen molar-refractivity contribution in [3.05, 3.63) is 69.7 Å². The van der Waals surface area contributed by atoms with Crippen molar-refractivity contribution in [2.45, 2.75) is 38.5 Å². The predicted molar refractivity (Wildman–Crippen MR) is 143 cm³/mol. The second kappa shape index (κ2) is 13.9. The number of carbonyl (C=O) groups excluding carboxylic acids is 1. The first-order valence-electron chi connectivity index (χ1n) is 11.6. The number of piperidine rings is 1. The predicted octanol–water partition coefficient (Wildman–Crippen LogP) is 6.61. The van der Waals surface area contributed by atoms with E-state index in [1.807, 2.05) is 62.5 Å². The first kappa shape index (κ1) is 28.4. The number of nitrogens with zero attached hydrogens (tertiary/aromatic N) is 3. The lowest BCUT2D eigenvalue weighted by Crippen LogP contribution is -2.38. The smallest absolute Gasteiger partial charge is 0.253 e. The van der Waals surface area contributed by atoms with Crippen LogP contribution in [0.1, 0.15) is 54.4 Å². The largest absolute Gasteiger partial charge is 0.411 e. The Bertz CT molecular complexity index is 948. The number of benzene rings is 2. The number of oxime groups is 1. The fraction of sp³-hybridized carbons (Fsp3) is 0.462. The van der Waals surface area contributed by atoms with Gasteiger partial charge < -0.3 is 15.0 Å². The summed E-state index contributed by atoms with van der Waals surface area (Å²) in [5.74, 6) is 0.522. The van der Waals surface area contributed by atoms with Gasteiger partial charge in [-0.1, -0.05) is 59.5 Å². The molecule has 1 heterocycles. The maximum absolute atomic E-state index is 12.9. The average molecular weight is 527 g/mol. The number of likely N-dealkylation sites (N-methyl/N-ethyl adjacent to an activating group) is 1. The molecule has 0 aromatic heterocycles. The molecule has 1 N–H and O–H groups in total. The summed E-state index contributed by atoms with van der Waals surface area (Å²) in [4.78, 5) is 17.2. The fourth-order valence-electron chi connectivity index (χ4n) is 4.61. The van der Waals surface area contributed by atoms with Crippen LogP contribution in [0.3, 0.4) is 0 Å². The molecule has 0 spiro atoms. The van der Waals surface area contributed by atoms with Gasteiger partial charge >= 0.3 is 0 Å². The van der Waals surface area contributed by atoms with Crippen LogP contribution in [0, 0.1) is 5.92 Å². The van der Waals surface area contributed by atoms with Gasteiger partial charge in [-0.25, -0.2) is 0 Å². The molecule has 5 nitrogen and oxygen atoms in total. The van der Waals surface area contributed by atoms with Crippen LogP contribution in [0.25, 0.3) is 0 Å². The van der Waals surface area contributed by atoms with Crippen LogP contribution < -0.4 is 0 Å². The van der Waals surface area contributed by atoms with E-state index in [1.54, 1.807) is 4.90 Å². The molecule has 1 fully saturated rings. The number of hydrogen-bond donors (Lipinski definition) is 1. The highest BCUT2D eigenvalue weighted by Crippen LogP contribution is 2.30. The maximum atomic E-state index is 12.9. The molecule has 1 amide bonds. The third-order valence-corrected chi connectivity index (χ3v) is 7.36. The molecule has 1 saturated heterocycles. The fourth-order valence-corrected chi connectivity index (χ4v) is 4.92. The van der Waals surface area contributed by atoms with Crippen molar-refractivity contribution in [3.8, 4) is 0 Å². The Morgan fingerprint density at radius 1 is 1.15 bits per heavy atom. The van der Waals surface area contributed by atoms with Gasteiger partial charge in [0.1, 0.15) is 0 Å². The minimum atomic E-state index is 0. The molecule has 0 aliphatic carbocycles. The second-order valence-corrected chi connectivity index (χ2v) is 9.59. The minimum Gasteiger partial charge on any atom is -0.411 e. The van der Waals surface area contributed by atoms with Crippen molar-refractivity contribution in [1.29, 1.82) is 0 Å². The molecular formula is C26H34Cl3N3O2. The van der Waals surface area contributed by atoms with E-state index in [2.05, 4.69) is 10.1 Å². The lowest BCUT2D eigenvalue weighted by Gasteiger charge is -2.33. The number of hydrogen-bond acceptors (Lipinski definition) is 4. The molecule has 34 heavy (non-hydrogen) atoms. The number of amides is 1. The highest BCUT2D eigenvalue weighted by Gasteiger charge is 2.25. The SMILES string of the molecule is CCC(=NO)C1CCN(CC[C@H](CN(C)C(=O)c2ccccc2)c2ccc(Cl)c(Cl)c2)CC1.Cl. The Morgan fingerprint density at radius 3 is 2.41 bits per heavy atom. The van der Waals surface area contributed by atoms with Gasteiger partial charge in [-0.3, -0.25) is 4.79 Å². The standard InChI is InChI=1S/C26H33Cl2N3O2.ClH/c1-3-25(29-33)19-11-14-31(15-12-19)16-13-22(21-9-10-23(27)24(28)17-21)18-30(2)26(32)20-7-5-4-6-8-20;/h4-10,17,19,22,33H,3,11-16,18H2,1-2H3;1H/t22-;/m1./s1. The molecule has 2 aromatic carbocycles. The summed E-state index contributed by atoms with van der Waals surface area (Å²) in [6.07, 6.45) is 3.72. The van der Waals surface area contributed by atoms with Crippen LogP contribution >= 0.6 is 35.6 Å². The monoisotopic (exact) mass is 525 g/mol. The number of halogens is 3. The van der Waals surface area contributed by atoms with Crippen molar-refractivity contribution >= 4 is 47.2 Å². The lowest BCUT2D eigenvalue weighted by atomic mass is 9.89. The molecule has 8 heteroatoms. The number of likely N-dealkylation sites (tertiary alicyclic amines) is 1. The van der Waals surface area contributed by atoms with Gasteiger partial charge in [0.05, 0.1) is 15.8 Å². The Morgan fingerprint density at radius 2 is 1.82 bits per heavy atom. The highest BCUT2D eigenvalue weighted by molar-refractivity contribution is 6.42. The molecule has 186 valence electrons. The minimum absolute atomic E-state index is 0. The van der Waals surface area contributed by atoms with E-state index in [0.717, 1.165) is 56.6 Å². The molecule has 0 saturated carbocycles. The average Bonchev–Trinajstić information content (AvgIpc) is 2.85. The maximum Gasteiger partial charge on any atom is 0.253 e. The molecule has 2 aromatic rings. The molecule has 0 radical (unpaired) electrons. The summed E-state index contributed by atoms with van der Waals surface area (Å²) in [6, 6.07) is 15.1. The van der Waals surface area contributed by atoms with E-state index in [-0.39, 0.29) is 24.2 Å². The quantitative estimate of drug-likeness (QED) is 0.227.